The number of esters is 2. The van der Waals surface area contributed by atoms with Gasteiger partial charge in [0.05, 0.1) is 13.2 Å². The second kappa shape index (κ2) is 34.2. The zero-order chi connectivity index (χ0) is 39.9. The topological polar surface area (TPSA) is 55.8 Å². The van der Waals surface area contributed by atoms with Gasteiger partial charge in [-0.3, -0.25) is 9.59 Å². The maximum atomic E-state index is 12.3. The summed E-state index contributed by atoms with van der Waals surface area (Å²) in [6.07, 6.45) is 28.7. The molecule has 0 rings (SSSR count). The molecule has 0 aromatic heterocycles. The van der Waals surface area contributed by atoms with Crippen LogP contribution in [0.3, 0.4) is 0 Å². The molecule has 0 bridgehead atoms. The van der Waals surface area contributed by atoms with Crippen LogP contribution in [0.4, 0.5) is 0 Å². The molecule has 0 aliphatic heterocycles. The van der Waals surface area contributed by atoms with E-state index in [-0.39, 0.29) is 11.9 Å². The van der Waals surface area contributed by atoms with E-state index in [1.54, 1.807) is 0 Å². The van der Waals surface area contributed by atoms with E-state index in [0.717, 1.165) is 44.4 Å². The molecular weight excluding hydrogens is 655 g/mol. The first kappa shape index (κ1) is 51.9. The second-order valence-corrected chi connectivity index (χ2v) is 18.9. The minimum Gasteiger partial charge on any atom is -0.465 e. The molecule has 0 radical (unpaired) electrons. The van der Waals surface area contributed by atoms with Gasteiger partial charge < -0.3 is 14.4 Å². The maximum absolute atomic E-state index is 12.3. The van der Waals surface area contributed by atoms with Gasteiger partial charge >= 0.3 is 11.9 Å². The van der Waals surface area contributed by atoms with Crippen LogP contribution in [-0.2, 0) is 19.1 Å². The predicted octanol–water partition coefficient (Wildman–Crippen LogP) is 14.2. The molecule has 0 fully saturated rings. The molecule has 0 heterocycles. The van der Waals surface area contributed by atoms with Crippen molar-refractivity contribution in [2.75, 3.05) is 26.8 Å². The smallest absolute Gasteiger partial charge is 0.305 e. The van der Waals surface area contributed by atoms with Crippen LogP contribution in [0, 0.1) is 41.4 Å². The van der Waals surface area contributed by atoms with Gasteiger partial charge in [0.1, 0.15) is 0 Å². The Morgan fingerprint density at radius 3 is 1.11 bits per heavy atom. The Labute approximate surface area is 332 Å². The SMILES string of the molecule is CC(C)CCC(COC(=O)CCCCCCCCCC(CCCCCCCCCC(=O)OCC(CCC(C)C)C(C)C)CCCN(C)C(C)C)C(C)C. The zero-order valence-corrected chi connectivity index (χ0v) is 37.8. The Bertz CT molecular complexity index is 779. The van der Waals surface area contributed by atoms with E-state index in [4.69, 9.17) is 9.47 Å². The highest BCUT2D eigenvalue weighted by molar-refractivity contribution is 5.69. The molecule has 2 atom stereocenters. The third-order valence-electron chi connectivity index (χ3n) is 12.0. The molecule has 316 valence electrons. The van der Waals surface area contributed by atoms with Crippen molar-refractivity contribution in [3.8, 4) is 0 Å². The van der Waals surface area contributed by atoms with E-state index < -0.39 is 0 Å². The summed E-state index contributed by atoms with van der Waals surface area (Å²) in [6, 6.07) is 0.623. The van der Waals surface area contributed by atoms with Crippen LogP contribution in [0.25, 0.3) is 0 Å². The normalized spacial score (nSPS) is 13.9. The van der Waals surface area contributed by atoms with Gasteiger partial charge in [0, 0.05) is 18.9 Å². The highest BCUT2D eigenvalue weighted by atomic mass is 16.5. The molecule has 0 amide bonds. The monoisotopic (exact) mass is 750 g/mol. The molecule has 0 N–H and O–H groups in total. The van der Waals surface area contributed by atoms with Crippen molar-refractivity contribution < 1.29 is 19.1 Å². The van der Waals surface area contributed by atoms with E-state index in [0.29, 0.717) is 67.6 Å². The number of rotatable bonds is 37. The Balaban J connectivity index is 4.15. The number of ether oxygens (including phenoxy) is 2. The number of hydrogen-bond donors (Lipinski definition) is 0. The quantitative estimate of drug-likeness (QED) is 0.0467. The fourth-order valence-electron chi connectivity index (χ4n) is 7.35. The molecule has 0 aliphatic carbocycles. The summed E-state index contributed by atoms with van der Waals surface area (Å²) in [7, 11) is 2.26. The van der Waals surface area contributed by atoms with E-state index in [1.807, 2.05) is 0 Å². The van der Waals surface area contributed by atoms with Crippen LogP contribution in [-0.4, -0.2) is 49.7 Å². The summed E-state index contributed by atoms with van der Waals surface area (Å²) < 4.78 is 11.3. The summed E-state index contributed by atoms with van der Waals surface area (Å²) in [5.74, 6) is 4.38. The van der Waals surface area contributed by atoms with Crippen molar-refractivity contribution in [2.24, 2.45) is 41.4 Å². The highest BCUT2D eigenvalue weighted by Crippen LogP contribution is 2.25. The molecule has 53 heavy (non-hydrogen) atoms. The number of hydrogen-bond acceptors (Lipinski definition) is 5. The van der Waals surface area contributed by atoms with Gasteiger partial charge in [-0.1, -0.05) is 158 Å². The first-order valence-corrected chi connectivity index (χ1v) is 23.2. The highest BCUT2D eigenvalue weighted by Gasteiger charge is 2.18. The molecule has 0 aromatic carbocycles. The van der Waals surface area contributed by atoms with Gasteiger partial charge in [0.25, 0.3) is 0 Å². The van der Waals surface area contributed by atoms with Crippen molar-refractivity contribution >= 4 is 11.9 Å². The standard InChI is InChI=1S/C48H95NO4/c1-39(2)32-34-45(41(5)6)37-52-47(50)30-24-20-16-12-14-18-22-27-44(29-26-36-49(11)43(9)10)28-23-19-15-13-17-21-25-31-48(51)53-38-46(42(7)8)35-33-40(3)4/h39-46H,12-38H2,1-11H3. The lowest BCUT2D eigenvalue weighted by atomic mass is 9.89. The van der Waals surface area contributed by atoms with Crippen molar-refractivity contribution in [1.82, 2.24) is 4.90 Å². The number of carbonyl (C=O) groups excluding carboxylic acids is 2. The first-order valence-electron chi connectivity index (χ1n) is 23.2. The summed E-state index contributed by atoms with van der Waals surface area (Å²) in [5, 5.41) is 0. The minimum absolute atomic E-state index is 0.00255. The van der Waals surface area contributed by atoms with E-state index in [1.165, 1.54) is 109 Å². The van der Waals surface area contributed by atoms with E-state index in [2.05, 4.69) is 81.2 Å². The zero-order valence-electron chi connectivity index (χ0n) is 37.8. The molecule has 0 saturated carbocycles. The minimum atomic E-state index is 0.00255. The molecule has 0 saturated heterocycles. The summed E-state index contributed by atoms with van der Waals surface area (Å²) in [5.41, 5.74) is 0. The van der Waals surface area contributed by atoms with Crippen molar-refractivity contribution in [2.45, 2.75) is 229 Å². The maximum Gasteiger partial charge on any atom is 0.305 e. The second-order valence-electron chi connectivity index (χ2n) is 18.9. The fourth-order valence-corrected chi connectivity index (χ4v) is 7.35. The summed E-state index contributed by atoms with van der Waals surface area (Å²) in [6.45, 7) is 25.1. The molecule has 5 heteroatoms. The van der Waals surface area contributed by atoms with E-state index >= 15 is 0 Å². The average Bonchev–Trinajstić information content (AvgIpc) is 3.08. The van der Waals surface area contributed by atoms with Crippen LogP contribution >= 0.6 is 0 Å². The third kappa shape index (κ3) is 32.8. The van der Waals surface area contributed by atoms with Gasteiger partial charge in [-0.2, -0.15) is 0 Å². The number of carbonyl (C=O) groups is 2. The predicted molar refractivity (Wildman–Crippen MR) is 230 cm³/mol. The Morgan fingerprint density at radius 2 is 0.774 bits per heavy atom. The van der Waals surface area contributed by atoms with Crippen LogP contribution < -0.4 is 0 Å². The Hall–Kier alpha value is -1.10. The van der Waals surface area contributed by atoms with Crippen LogP contribution in [0.2, 0.25) is 0 Å². The van der Waals surface area contributed by atoms with Gasteiger partial charge in [-0.15, -0.1) is 0 Å². The summed E-state index contributed by atoms with van der Waals surface area (Å²) >= 11 is 0. The lowest BCUT2D eigenvalue weighted by Gasteiger charge is -2.23. The molecule has 0 aliphatic rings. The largest absolute Gasteiger partial charge is 0.465 e. The van der Waals surface area contributed by atoms with E-state index in [9.17, 15) is 9.59 Å². The van der Waals surface area contributed by atoms with Crippen LogP contribution in [0.1, 0.15) is 223 Å². The molecular formula is C48H95NO4. The first-order chi connectivity index (χ1) is 25.2. The third-order valence-corrected chi connectivity index (χ3v) is 12.0. The van der Waals surface area contributed by atoms with Gasteiger partial charge in [-0.25, -0.2) is 0 Å². The van der Waals surface area contributed by atoms with Gasteiger partial charge in [0.15, 0.2) is 0 Å². The van der Waals surface area contributed by atoms with Crippen molar-refractivity contribution in [3.63, 3.8) is 0 Å². The van der Waals surface area contributed by atoms with Crippen LogP contribution in [0.5, 0.6) is 0 Å². The van der Waals surface area contributed by atoms with Crippen molar-refractivity contribution in [3.05, 3.63) is 0 Å². The molecule has 5 nitrogen and oxygen atoms in total. The Kier molecular flexibility index (Phi) is 33.5. The number of unbranched alkanes of at least 4 members (excludes halogenated alkanes) is 12. The average molecular weight is 750 g/mol. The molecule has 0 aromatic rings. The van der Waals surface area contributed by atoms with Crippen LogP contribution in [0.15, 0.2) is 0 Å². The number of nitrogens with zero attached hydrogens (tertiary/aromatic N) is 1. The summed E-state index contributed by atoms with van der Waals surface area (Å²) in [4.78, 5) is 27.1. The van der Waals surface area contributed by atoms with Gasteiger partial charge in [-0.05, 0) is 107 Å². The van der Waals surface area contributed by atoms with Crippen molar-refractivity contribution in [1.29, 1.82) is 0 Å². The molecule has 0 spiro atoms. The fraction of sp³-hybridized carbons (Fsp3) is 0.958. The van der Waals surface area contributed by atoms with Gasteiger partial charge in [0.2, 0.25) is 0 Å². The lowest BCUT2D eigenvalue weighted by Crippen LogP contribution is -2.27. The Morgan fingerprint density at radius 1 is 0.434 bits per heavy atom. The lowest BCUT2D eigenvalue weighted by molar-refractivity contribution is -0.146. The molecule has 2 unspecified atom stereocenters.